The highest BCUT2D eigenvalue weighted by Crippen LogP contribution is 2.29. The first-order valence-electron chi connectivity index (χ1n) is 4.87. The zero-order valence-electron chi connectivity index (χ0n) is 9.50. The molecule has 0 bridgehead atoms. The van der Waals surface area contributed by atoms with Gasteiger partial charge in [0.05, 0.1) is 10.0 Å². The Kier molecular flexibility index (Phi) is 4.74. The van der Waals surface area contributed by atoms with E-state index < -0.39 is 25.7 Å². The number of hydrogen-bond acceptors (Lipinski definition) is 3. The van der Waals surface area contributed by atoms with E-state index in [2.05, 4.69) is 21.2 Å². The van der Waals surface area contributed by atoms with Crippen LogP contribution in [0.3, 0.4) is 0 Å². The summed E-state index contributed by atoms with van der Waals surface area (Å²) in [6.07, 6.45) is 0. The van der Waals surface area contributed by atoms with Gasteiger partial charge in [-0.2, -0.15) is 0 Å². The quantitative estimate of drug-likeness (QED) is 0.845. The second kappa shape index (κ2) is 5.54. The Bertz CT molecular complexity index is 589. The zero-order chi connectivity index (χ0) is 14.1. The molecule has 100 valence electrons. The molecule has 1 aromatic carbocycles. The van der Waals surface area contributed by atoms with Crippen LogP contribution in [0.5, 0.6) is 0 Å². The molecular formula is C10H10BrClFNO3S. The molecule has 0 saturated heterocycles. The van der Waals surface area contributed by atoms with Crippen LogP contribution in [-0.4, -0.2) is 20.4 Å². The molecule has 0 saturated carbocycles. The minimum atomic E-state index is -4.14. The van der Waals surface area contributed by atoms with Gasteiger partial charge in [0, 0.05) is 16.7 Å². The molecule has 0 spiro atoms. The van der Waals surface area contributed by atoms with Crippen molar-refractivity contribution >= 4 is 41.6 Å². The van der Waals surface area contributed by atoms with Gasteiger partial charge < -0.3 is 5.32 Å². The van der Waals surface area contributed by atoms with E-state index in [1.54, 1.807) is 13.8 Å². The van der Waals surface area contributed by atoms with Gasteiger partial charge in [0.2, 0.25) is 0 Å². The number of benzene rings is 1. The fourth-order valence-corrected chi connectivity index (χ4v) is 3.52. The molecule has 0 aliphatic heterocycles. The Hall–Kier alpha value is -0.660. The summed E-state index contributed by atoms with van der Waals surface area (Å²) in [5.74, 6) is -1.44. The summed E-state index contributed by atoms with van der Waals surface area (Å²) in [6, 6.07) is 1.52. The first-order valence-corrected chi connectivity index (χ1v) is 7.97. The van der Waals surface area contributed by atoms with Crippen LogP contribution in [0.15, 0.2) is 21.5 Å². The molecule has 0 radical (unpaired) electrons. The molecule has 0 atom stereocenters. The highest BCUT2D eigenvalue weighted by molar-refractivity contribution is 9.10. The maximum Gasteiger partial charge on any atom is 0.262 e. The van der Waals surface area contributed by atoms with E-state index in [4.69, 9.17) is 10.7 Å². The third-order valence-corrected chi connectivity index (χ3v) is 4.39. The lowest BCUT2D eigenvalue weighted by molar-refractivity contribution is 0.0941. The van der Waals surface area contributed by atoms with Crippen LogP contribution in [-0.2, 0) is 9.05 Å². The fraction of sp³-hybridized carbons (Fsp3) is 0.300. The van der Waals surface area contributed by atoms with Crippen molar-refractivity contribution in [1.82, 2.24) is 5.32 Å². The predicted octanol–water partition coefficient (Wildman–Crippen LogP) is 2.65. The van der Waals surface area contributed by atoms with Crippen molar-refractivity contribution < 1.29 is 17.6 Å². The van der Waals surface area contributed by atoms with E-state index in [1.807, 2.05) is 0 Å². The minimum absolute atomic E-state index is 0.0583. The Labute approximate surface area is 117 Å². The van der Waals surface area contributed by atoms with Crippen molar-refractivity contribution in [3.63, 3.8) is 0 Å². The van der Waals surface area contributed by atoms with Crippen LogP contribution in [0.1, 0.15) is 24.2 Å². The second-order valence-corrected chi connectivity index (χ2v) is 7.16. The van der Waals surface area contributed by atoms with Gasteiger partial charge in [-0.3, -0.25) is 4.79 Å². The molecule has 1 rings (SSSR count). The average molecular weight is 359 g/mol. The van der Waals surface area contributed by atoms with Crippen molar-refractivity contribution in [2.24, 2.45) is 0 Å². The number of amides is 1. The van der Waals surface area contributed by atoms with Crippen LogP contribution in [0.2, 0.25) is 0 Å². The van der Waals surface area contributed by atoms with E-state index >= 15 is 0 Å². The van der Waals surface area contributed by atoms with Crippen molar-refractivity contribution in [2.45, 2.75) is 24.8 Å². The Morgan fingerprint density at radius 3 is 2.44 bits per heavy atom. The third kappa shape index (κ3) is 3.66. The zero-order valence-corrected chi connectivity index (χ0v) is 12.7. The number of carbonyl (C=O) groups excluding carboxylic acids is 1. The van der Waals surface area contributed by atoms with Crippen LogP contribution >= 0.6 is 26.6 Å². The number of carbonyl (C=O) groups is 1. The Balaban J connectivity index is 3.39. The summed E-state index contributed by atoms with van der Waals surface area (Å²) in [5, 5.41) is 2.53. The number of hydrogen-bond donors (Lipinski definition) is 1. The molecule has 8 heteroatoms. The normalized spacial score (nSPS) is 11.7. The first kappa shape index (κ1) is 15.4. The molecule has 4 nitrogen and oxygen atoms in total. The maximum absolute atomic E-state index is 13.3. The highest BCUT2D eigenvalue weighted by atomic mass is 79.9. The fourth-order valence-electron chi connectivity index (χ4n) is 1.25. The van der Waals surface area contributed by atoms with Gasteiger partial charge in [-0.1, -0.05) is 0 Å². The standard InChI is InChI=1S/C10H10BrClFNO3S/c1-5(2)14-10(15)7-3-6(13)4-8(9(7)11)18(12,16)17/h3-5H,1-2H3,(H,14,15). The molecule has 0 unspecified atom stereocenters. The molecule has 0 aliphatic rings. The van der Waals surface area contributed by atoms with Gasteiger partial charge in [-0.25, -0.2) is 12.8 Å². The number of halogens is 3. The first-order chi connectivity index (χ1) is 8.12. The average Bonchev–Trinajstić information content (AvgIpc) is 2.18. The summed E-state index contributed by atoms with van der Waals surface area (Å²) in [4.78, 5) is 11.3. The second-order valence-electron chi connectivity index (χ2n) is 3.83. The molecule has 1 aromatic rings. The summed E-state index contributed by atoms with van der Waals surface area (Å²) in [7, 11) is 1.03. The molecule has 0 fully saturated rings. The lowest BCUT2D eigenvalue weighted by Gasteiger charge is -2.11. The van der Waals surface area contributed by atoms with Crippen LogP contribution < -0.4 is 5.32 Å². The summed E-state index contributed by atoms with van der Waals surface area (Å²) < 4.78 is 35.7. The van der Waals surface area contributed by atoms with Gasteiger partial charge in [0.25, 0.3) is 15.0 Å². The molecule has 1 N–H and O–H groups in total. The van der Waals surface area contributed by atoms with E-state index in [0.717, 1.165) is 12.1 Å². The van der Waals surface area contributed by atoms with Crippen molar-refractivity contribution in [1.29, 1.82) is 0 Å². The van der Waals surface area contributed by atoms with Gasteiger partial charge in [-0.05, 0) is 41.9 Å². The summed E-state index contributed by atoms with van der Waals surface area (Å²) >= 11 is 2.95. The highest BCUT2D eigenvalue weighted by Gasteiger charge is 2.22. The predicted molar refractivity (Wildman–Crippen MR) is 69.7 cm³/mol. The maximum atomic E-state index is 13.3. The number of nitrogens with one attached hydrogen (secondary N) is 1. The van der Waals surface area contributed by atoms with Crippen molar-refractivity contribution in [3.8, 4) is 0 Å². The largest absolute Gasteiger partial charge is 0.350 e. The minimum Gasteiger partial charge on any atom is -0.350 e. The molecule has 1 amide bonds. The monoisotopic (exact) mass is 357 g/mol. The van der Waals surface area contributed by atoms with Gasteiger partial charge in [-0.15, -0.1) is 0 Å². The Morgan fingerprint density at radius 1 is 1.44 bits per heavy atom. The van der Waals surface area contributed by atoms with Crippen molar-refractivity contribution in [3.05, 3.63) is 28.0 Å². The van der Waals surface area contributed by atoms with E-state index in [0.29, 0.717) is 0 Å². The van der Waals surface area contributed by atoms with Crippen molar-refractivity contribution in [2.75, 3.05) is 0 Å². The Morgan fingerprint density at radius 2 is 2.00 bits per heavy atom. The van der Waals surface area contributed by atoms with E-state index in [9.17, 15) is 17.6 Å². The molecular weight excluding hydrogens is 349 g/mol. The molecule has 0 aliphatic carbocycles. The van der Waals surface area contributed by atoms with Crippen LogP contribution in [0, 0.1) is 5.82 Å². The van der Waals surface area contributed by atoms with Crippen LogP contribution in [0.25, 0.3) is 0 Å². The molecule has 18 heavy (non-hydrogen) atoms. The lowest BCUT2D eigenvalue weighted by atomic mass is 10.2. The van der Waals surface area contributed by atoms with E-state index in [1.165, 1.54) is 0 Å². The van der Waals surface area contributed by atoms with E-state index in [-0.39, 0.29) is 16.1 Å². The van der Waals surface area contributed by atoms with Crippen LogP contribution in [0.4, 0.5) is 4.39 Å². The van der Waals surface area contributed by atoms with Gasteiger partial charge >= 0.3 is 0 Å². The number of rotatable bonds is 3. The summed E-state index contributed by atoms with van der Waals surface area (Å²) in [6.45, 7) is 3.45. The summed E-state index contributed by atoms with van der Waals surface area (Å²) in [5.41, 5.74) is -0.122. The topological polar surface area (TPSA) is 63.2 Å². The van der Waals surface area contributed by atoms with Gasteiger partial charge in [0.1, 0.15) is 10.7 Å². The smallest absolute Gasteiger partial charge is 0.262 e. The SMILES string of the molecule is CC(C)NC(=O)c1cc(F)cc(S(=O)(=O)Cl)c1Br. The van der Waals surface area contributed by atoms with Gasteiger partial charge in [0.15, 0.2) is 0 Å². The third-order valence-electron chi connectivity index (χ3n) is 1.93. The molecule has 0 heterocycles. The molecule has 0 aromatic heterocycles. The lowest BCUT2D eigenvalue weighted by Crippen LogP contribution is -2.30.